The molecule has 0 aromatic rings. The van der Waals surface area contributed by atoms with Crippen molar-refractivity contribution in [2.45, 2.75) is 52.6 Å². The fourth-order valence-electron chi connectivity index (χ4n) is 0.992. The molecule has 1 nitrogen and oxygen atoms in total. The highest BCUT2D eigenvalue weighted by Crippen LogP contribution is 2.07. The Balaban J connectivity index is 3.61. The third-order valence-corrected chi connectivity index (χ3v) is 1.94. The lowest BCUT2D eigenvalue weighted by molar-refractivity contribution is 0.206. The van der Waals surface area contributed by atoms with Crippen molar-refractivity contribution in [2.75, 3.05) is 0 Å². The molecule has 11 heavy (non-hydrogen) atoms. The summed E-state index contributed by atoms with van der Waals surface area (Å²) in [5.41, 5.74) is 1.13. The maximum atomic E-state index is 9.36. The van der Waals surface area contributed by atoms with Crippen molar-refractivity contribution in [3.8, 4) is 0 Å². The zero-order valence-corrected chi connectivity index (χ0v) is 7.93. The molecule has 0 heterocycles. The molecule has 0 aliphatic carbocycles. The van der Waals surface area contributed by atoms with Gasteiger partial charge in [0.05, 0.1) is 6.10 Å². The quantitative estimate of drug-likeness (QED) is 0.479. The Labute approximate surface area is 70.1 Å². The van der Waals surface area contributed by atoms with Gasteiger partial charge in [-0.15, -0.1) is 0 Å². The molecule has 0 aromatic heterocycles. The molecule has 0 amide bonds. The summed E-state index contributed by atoms with van der Waals surface area (Å²) in [5.74, 6) is 0. The molecule has 0 radical (unpaired) electrons. The lowest BCUT2D eigenvalue weighted by Crippen LogP contribution is -2.05. The van der Waals surface area contributed by atoms with Crippen molar-refractivity contribution in [1.82, 2.24) is 0 Å². The Morgan fingerprint density at radius 1 is 1.45 bits per heavy atom. The molecule has 66 valence electrons. The van der Waals surface area contributed by atoms with E-state index in [1.54, 1.807) is 0 Å². The van der Waals surface area contributed by atoms with Crippen molar-refractivity contribution < 1.29 is 5.11 Å². The minimum atomic E-state index is -0.216. The van der Waals surface area contributed by atoms with Crippen molar-refractivity contribution in [3.05, 3.63) is 11.6 Å². The summed E-state index contributed by atoms with van der Waals surface area (Å²) in [6.45, 7) is 6.19. The van der Waals surface area contributed by atoms with E-state index in [-0.39, 0.29) is 6.10 Å². The number of hydrogen-bond donors (Lipinski definition) is 1. The van der Waals surface area contributed by atoms with Crippen LogP contribution in [0.2, 0.25) is 0 Å². The van der Waals surface area contributed by atoms with E-state index in [0.717, 1.165) is 18.4 Å². The van der Waals surface area contributed by atoms with Gasteiger partial charge < -0.3 is 5.11 Å². The van der Waals surface area contributed by atoms with E-state index in [4.69, 9.17) is 0 Å². The lowest BCUT2D eigenvalue weighted by Gasteiger charge is -2.07. The Kier molecular flexibility index (Phi) is 6.24. The van der Waals surface area contributed by atoms with Crippen LogP contribution in [0.4, 0.5) is 0 Å². The number of unbranched alkanes of at least 4 members (excludes halogenated alkanes) is 2. The van der Waals surface area contributed by atoms with E-state index in [1.807, 2.05) is 13.8 Å². The maximum absolute atomic E-state index is 9.36. The monoisotopic (exact) mass is 156 g/mol. The smallest absolute Gasteiger partial charge is 0.0744 e. The molecule has 0 spiro atoms. The van der Waals surface area contributed by atoms with Crippen LogP contribution in [-0.4, -0.2) is 11.2 Å². The lowest BCUT2D eigenvalue weighted by atomic mass is 10.1. The van der Waals surface area contributed by atoms with Crippen molar-refractivity contribution >= 4 is 0 Å². The average Bonchev–Trinajstić information content (AvgIpc) is 2.03. The van der Waals surface area contributed by atoms with Crippen molar-refractivity contribution in [1.29, 1.82) is 0 Å². The van der Waals surface area contributed by atoms with Gasteiger partial charge in [0.2, 0.25) is 0 Å². The standard InChI is InChI=1S/C10H20O/c1-4-6-7-8-9(3)10(11)5-2/h8,10-11H,4-7H2,1-3H3. The van der Waals surface area contributed by atoms with Crippen LogP contribution >= 0.6 is 0 Å². The summed E-state index contributed by atoms with van der Waals surface area (Å²) in [4.78, 5) is 0. The van der Waals surface area contributed by atoms with Crippen LogP contribution in [0.25, 0.3) is 0 Å². The van der Waals surface area contributed by atoms with Gasteiger partial charge in [-0.2, -0.15) is 0 Å². The third-order valence-electron chi connectivity index (χ3n) is 1.94. The van der Waals surface area contributed by atoms with E-state index in [9.17, 15) is 5.11 Å². The van der Waals surface area contributed by atoms with Gasteiger partial charge in [0.15, 0.2) is 0 Å². The van der Waals surface area contributed by atoms with Crippen LogP contribution in [0.15, 0.2) is 11.6 Å². The van der Waals surface area contributed by atoms with Gasteiger partial charge in [-0.05, 0) is 25.3 Å². The predicted octanol–water partition coefficient (Wildman–Crippen LogP) is 2.89. The minimum absolute atomic E-state index is 0.216. The highest BCUT2D eigenvalue weighted by Gasteiger charge is 2.00. The van der Waals surface area contributed by atoms with Crippen LogP contribution in [-0.2, 0) is 0 Å². The second kappa shape index (κ2) is 6.41. The number of hydrogen-bond acceptors (Lipinski definition) is 1. The largest absolute Gasteiger partial charge is 0.389 e. The molecule has 1 atom stereocenters. The first-order valence-corrected chi connectivity index (χ1v) is 4.57. The van der Waals surface area contributed by atoms with Gasteiger partial charge in [0, 0.05) is 0 Å². The highest BCUT2D eigenvalue weighted by molar-refractivity contribution is 5.03. The van der Waals surface area contributed by atoms with Crippen molar-refractivity contribution in [2.24, 2.45) is 0 Å². The van der Waals surface area contributed by atoms with Crippen LogP contribution in [0.3, 0.4) is 0 Å². The van der Waals surface area contributed by atoms with Gasteiger partial charge in [-0.3, -0.25) is 0 Å². The SMILES string of the molecule is CCCCC=C(C)C(O)CC. The number of rotatable bonds is 5. The molecule has 0 aliphatic heterocycles. The van der Waals surface area contributed by atoms with Crippen molar-refractivity contribution in [3.63, 3.8) is 0 Å². The van der Waals surface area contributed by atoms with E-state index < -0.39 is 0 Å². The number of aliphatic hydroxyl groups is 1. The summed E-state index contributed by atoms with van der Waals surface area (Å²) in [7, 11) is 0. The predicted molar refractivity (Wildman–Crippen MR) is 49.6 cm³/mol. The van der Waals surface area contributed by atoms with Crippen LogP contribution in [0.1, 0.15) is 46.5 Å². The molecular formula is C10H20O. The first-order chi connectivity index (χ1) is 5.22. The van der Waals surface area contributed by atoms with Gasteiger partial charge in [-0.1, -0.05) is 32.8 Å². The zero-order valence-electron chi connectivity index (χ0n) is 7.93. The van der Waals surface area contributed by atoms with Gasteiger partial charge >= 0.3 is 0 Å². The van der Waals surface area contributed by atoms with Gasteiger partial charge in [0.25, 0.3) is 0 Å². The molecule has 0 aromatic carbocycles. The number of allylic oxidation sites excluding steroid dienone is 1. The fourth-order valence-corrected chi connectivity index (χ4v) is 0.992. The summed E-state index contributed by atoms with van der Waals surface area (Å²) in [5, 5.41) is 9.36. The minimum Gasteiger partial charge on any atom is -0.389 e. The van der Waals surface area contributed by atoms with Gasteiger partial charge in [0.1, 0.15) is 0 Å². The second-order valence-electron chi connectivity index (χ2n) is 3.01. The molecule has 1 N–H and O–H groups in total. The maximum Gasteiger partial charge on any atom is 0.0744 e. The summed E-state index contributed by atoms with van der Waals surface area (Å²) >= 11 is 0. The zero-order chi connectivity index (χ0) is 8.69. The Bertz CT molecular complexity index is 116. The third kappa shape index (κ3) is 5.02. The molecule has 1 heteroatoms. The van der Waals surface area contributed by atoms with Crippen LogP contribution in [0.5, 0.6) is 0 Å². The Morgan fingerprint density at radius 3 is 2.55 bits per heavy atom. The Hall–Kier alpha value is -0.300. The molecule has 0 fully saturated rings. The molecule has 0 rings (SSSR count). The summed E-state index contributed by atoms with van der Waals surface area (Å²) < 4.78 is 0. The Morgan fingerprint density at radius 2 is 2.09 bits per heavy atom. The average molecular weight is 156 g/mol. The van der Waals surface area contributed by atoms with Gasteiger partial charge in [-0.25, -0.2) is 0 Å². The highest BCUT2D eigenvalue weighted by atomic mass is 16.3. The first kappa shape index (κ1) is 10.7. The molecule has 0 saturated carbocycles. The van der Waals surface area contributed by atoms with E-state index in [2.05, 4.69) is 13.0 Å². The topological polar surface area (TPSA) is 20.2 Å². The normalized spacial score (nSPS) is 15.1. The molecule has 1 unspecified atom stereocenters. The summed E-state index contributed by atoms with van der Waals surface area (Å²) in [6.07, 6.45) is 6.33. The molecule has 0 saturated heterocycles. The number of aliphatic hydroxyl groups excluding tert-OH is 1. The van der Waals surface area contributed by atoms with E-state index >= 15 is 0 Å². The van der Waals surface area contributed by atoms with Crippen LogP contribution < -0.4 is 0 Å². The fraction of sp³-hybridized carbons (Fsp3) is 0.800. The molecule has 0 bridgehead atoms. The second-order valence-corrected chi connectivity index (χ2v) is 3.01. The van der Waals surface area contributed by atoms with E-state index in [1.165, 1.54) is 12.8 Å². The van der Waals surface area contributed by atoms with E-state index in [0.29, 0.717) is 0 Å². The summed E-state index contributed by atoms with van der Waals surface area (Å²) in [6, 6.07) is 0. The molecule has 0 aliphatic rings. The molecular weight excluding hydrogens is 136 g/mol. The van der Waals surface area contributed by atoms with Crippen LogP contribution in [0, 0.1) is 0 Å². The first-order valence-electron chi connectivity index (χ1n) is 4.57.